The number of ether oxygens (including phenoxy) is 1. The molecule has 2 aromatic rings. The summed E-state index contributed by atoms with van der Waals surface area (Å²) >= 11 is 0. The predicted octanol–water partition coefficient (Wildman–Crippen LogP) is 2.38. The van der Waals surface area contributed by atoms with E-state index in [1.807, 2.05) is 11.0 Å². The van der Waals surface area contributed by atoms with Crippen molar-refractivity contribution in [2.45, 2.75) is 30.9 Å². The minimum atomic E-state index is -0.109. The molecule has 2 fully saturated rings. The molecule has 2 aliphatic rings. The molecule has 0 bridgehead atoms. The summed E-state index contributed by atoms with van der Waals surface area (Å²) in [6.45, 7) is 2.12. The second kappa shape index (κ2) is 7.03. The average molecular weight is 352 g/mol. The van der Waals surface area contributed by atoms with Gasteiger partial charge in [-0.25, -0.2) is 9.97 Å². The van der Waals surface area contributed by atoms with Crippen LogP contribution in [-0.4, -0.2) is 59.2 Å². The first-order chi connectivity index (χ1) is 12.7. The van der Waals surface area contributed by atoms with Crippen LogP contribution in [0.3, 0.4) is 0 Å². The third-order valence-electron chi connectivity index (χ3n) is 5.62. The van der Waals surface area contributed by atoms with Gasteiger partial charge in [0.1, 0.15) is 0 Å². The van der Waals surface area contributed by atoms with E-state index in [1.54, 1.807) is 18.5 Å². The molecule has 6 nitrogen and oxygen atoms in total. The topological polar surface area (TPSA) is 58.6 Å². The summed E-state index contributed by atoms with van der Waals surface area (Å²) in [5.74, 6) is 0.189. The minimum absolute atomic E-state index is 0.0867. The van der Waals surface area contributed by atoms with Gasteiger partial charge in [0.25, 0.3) is 5.91 Å². The van der Waals surface area contributed by atoms with Crippen LogP contribution < -0.4 is 4.90 Å². The van der Waals surface area contributed by atoms with Gasteiger partial charge < -0.3 is 14.5 Å². The van der Waals surface area contributed by atoms with E-state index in [2.05, 4.69) is 46.2 Å². The first kappa shape index (κ1) is 17.0. The lowest BCUT2D eigenvalue weighted by molar-refractivity contribution is -0.0390. The zero-order chi connectivity index (χ0) is 18.0. The largest absolute Gasteiger partial charge is 0.373 e. The maximum atomic E-state index is 12.5. The van der Waals surface area contributed by atoms with E-state index < -0.39 is 0 Å². The van der Waals surface area contributed by atoms with Crippen LogP contribution in [0.15, 0.2) is 48.8 Å². The summed E-state index contributed by atoms with van der Waals surface area (Å²) in [6.07, 6.45) is 5.95. The van der Waals surface area contributed by atoms with Crippen LogP contribution in [0.2, 0.25) is 0 Å². The number of carbonyl (C=O) groups excluding carboxylic acids is 1. The van der Waals surface area contributed by atoms with Gasteiger partial charge in [0.05, 0.1) is 18.2 Å². The summed E-state index contributed by atoms with van der Waals surface area (Å²) < 4.78 is 6.26. The second-order valence-corrected chi connectivity index (χ2v) is 7.16. The molecule has 4 rings (SSSR count). The summed E-state index contributed by atoms with van der Waals surface area (Å²) in [4.78, 5) is 24.8. The number of benzene rings is 1. The van der Waals surface area contributed by atoms with Crippen molar-refractivity contribution in [3.63, 3.8) is 0 Å². The molecule has 0 saturated carbocycles. The molecule has 26 heavy (non-hydrogen) atoms. The van der Waals surface area contributed by atoms with Crippen LogP contribution in [0.1, 0.15) is 29.9 Å². The molecule has 136 valence electrons. The lowest BCUT2D eigenvalue weighted by atomic mass is 9.87. The molecule has 1 aromatic carbocycles. The van der Waals surface area contributed by atoms with Crippen molar-refractivity contribution in [3.8, 4) is 0 Å². The second-order valence-electron chi connectivity index (χ2n) is 7.16. The molecule has 2 saturated heterocycles. The summed E-state index contributed by atoms with van der Waals surface area (Å²) in [7, 11) is 2.13. The molecule has 0 unspecified atom stereocenters. The summed E-state index contributed by atoms with van der Waals surface area (Å²) in [6, 6.07) is 12.5. The van der Waals surface area contributed by atoms with E-state index in [9.17, 15) is 4.79 Å². The highest BCUT2D eigenvalue weighted by Crippen LogP contribution is 2.38. The summed E-state index contributed by atoms with van der Waals surface area (Å²) in [5, 5.41) is 0. The highest BCUT2D eigenvalue weighted by Gasteiger charge is 2.44. The molecule has 1 atom stereocenters. The van der Waals surface area contributed by atoms with Gasteiger partial charge in [-0.1, -0.05) is 18.2 Å². The van der Waals surface area contributed by atoms with Crippen LogP contribution in [0.5, 0.6) is 0 Å². The number of anilines is 1. The van der Waals surface area contributed by atoms with Crippen molar-refractivity contribution >= 4 is 11.6 Å². The average Bonchev–Trinajstić information content (AvgIpc) is 3.12. The molecular formula is C20H24N4O2. The zero-order valence-corrected chi connectivity index (χ0v) is 15.0. The van der Waals surface area contributed by atoms with Gasteiger partial charge in [-0.05, 0) is 37.5 Å². The number of piperidine rings is 1. The Morgan fingerprint density at radius 3 is 2.54 bits per heavy atom. The lowest BCUT2D eigenvalue weighted by Crippen LogP contribution is -2.47. The van der Waals surface area contributed by atoms with Crippen LogP contribution in [0, 0.1) is 0 Å². The Kier molecular flexibility index (Phi) is 4.59. The Bertz CT molecular complexity index is 745. The van der Waals surface area contributed by atoms with Crippen molar-refractivity contribution in [2.24, 2.45) is 0 Å². The van der Waals surface area contributed by atoms with Crippen LogP contribution >= 0.6 is 0 Å². The molecule has 0 aliphatic carbocycles. The van der Waals surface area contributed by atoms with E-state index in [0.29, 0.717) is 19.1 Å². The molecule has 6 heteroatoms. The fraction of sp³-hybridized carbons (Fsp3) is 0.450. The third kappa shape index (κ3) is 3.29. The number of hydrogen-bond donors (Lipinski definition) is 0. The Hall–Kier alpha value is -2.47. The number of likely N-dealkylation sites (tertiary alicyclic amines) is 1. The van der Waals surface area contributed by atoms with Gasteiger partial charge in [-0.3, -0.25) is 4.79 Å². The minimum Gasteiger partial charge on any atom is -0.373 e. The third-order valence-corrected chi connectivity index (χ3v) is 5.62. The first-order valence-electron chi connectivity index (χ1n) is 9.15. The van der Waals surface area contributed by atoms with E-state index >= 15 is 0 Å². The van der Waals surface area contributed by atoms with Gasteiger partial charge in [-0.2, -0.15) is 0 Å². The SMILES string of the molecule is CN(c1ccccc1)[C@H]1COC2(CCN(C(=O)c3ncccn3)CC2)C1. The lowest BCUT2D eigenvalue weighted by Gasteiger charge is -2.38. The Morgan fingerprint density at radius 2 is 1.85 bits per heavy atom. The fourth-order valence-corrected chi connectivity index (χ4v) is 3.96. The van der Waals surface area contributed by atoms with Crippen molar-refractivity contribution < 1.29 is 9.53 Å². The quantitative estimate of drug-likeness (QED) is 0.849. The Labute approximate surface area is 153 Å². The zero-order valence-electron chi connectivity index (χ0n) is 15.0. The molecular weight excluding hydrogens is 328 g/mol. The Balaban J connectivity index is 1.37. The molecule has 1 spiro atoms. The number of carbonyl (C=O) groups is 1. The van der Waals surface area contributed by atoms with E-state index in [1.165, 1.54) is 5.69 Å². The summed E-state index contributed by atoms with van der Waals surface area (Å²) in [5.41, 5.74) is 1.11. The van der Waals surface area contributed by atoms with Crippen LogP contribution in [0.25, 0.3) is 0 Å². The molecule has 0 radical (unpaired) electrons. The van der Waals surface area contributed by atoms with Crippen molar-refractivity contribution in [3.05, 3.63) is 54.6 Å². The number of likely N-dealkylation sites (N-methyl/N-ethyl adjacent to an activating group) is 1. The van der Waals surface area contributed by atoms with Crippen LogP contribution in [0.4, 0.5) is 5.69 Å². The monoisotopic (exact) mass is 352 g/mol. The van der Waals surface area contributed by atoms with Crippen molar-refractivity contribution in [1.82, 2.24) is 14.9 Å². The van der Waals surface area contributed by atoms with Gasteiger partial charge in [0, 0.05) is 38.2 Å². The van der Waals surface area contributed by atoms with Gasteiger partial charge >= 0.3 is 0 Å². The van der Waals surface area contributed by atoms with Crippen molar-refractivity contribution in [2.75, 3.05) is 31.6 Å². The molecule has 1 aromatic heterocycles. The van der Waals surface area contributed by atoms with Gasteiger partial charge in [0.2, 0.25) is 5.82 Å². The highest BCUT2D eigenvalue weighted by molar-refractivity contribution is 5.90. The standard InChI is InChI=1S/C20H24N4O2/c1-23(16-6-3-2-4-7-16)17-14-20(26-15-17)8-12-24(13-9-20)19(25)18-21-10-5-11-22-18/h2-7,10-11,17H,8-9,12-15H2,1H3/t17-/m1/s1. The number of nitrogens with zero attached hydrogens (tertiary/aromatic N) is 4. The maximum Gasteiger partial charge on any atom is 0.291 e. The highest BCUT2D eigenvalue weighted by atomic mass is 16.5. The number of para-hydroxylation sites is 1. The molecule has 1 amide bonds. The van der Waals surface area contributed by atoms with Gasteiger partial charge in [0.15, 0.2) is 0 Å². The number of rotatable bonds is 3. The predicted molar refractivity (Wildman–Crippen MR) is 99.1 cm³/mol. The molecule has 3 heterocycles. The maximum absolute atomic E-state index is 12.5. The number of aromatic nitrogens is 2. The van der Waals surface area contributed by atoms with E-state index in [0.717, 1.165) is 25.9 Å². The van der Waals surface area contributed by atoms with Gasteiger partial charge in [-0.15, -0.1) is 0 Å². The first-order valence-corrected chi connectivity index (χ1v) is 9.15. The van der Waals surface area contributed by atoms with E-state index in [-0.39, 0.29) is 17.3 Å². The fourth-order valence-electron chi connectivity index (χ4n) is 3.96. The number of hydrogen-bond acceptors (Lipinski definition) is 5. The molecule has 0 N–H and O–H groups in total. The van der Waals surface area contributed by atoms with Crippen LogP contribution in [-0.2, 0) is 4.74 Å². The van der Waals surface area contributed by atoms with E-state index in [4.69, 9.17) is 4.74 Å². The smallest absolute Gasteiger partial charge is 0.291 e. The normalized spacial score (nSPS) is 21.7. The Morgan fingerprint density at radius 1 is 1.15 bits per heavy atom. The van der Waals surface area contributed by atoms with Crippen molar-refractivity contribution in [1.29, 1.82) is 0 Å². The molecule has 2 aliphatic heterocycles. The number of amides is 1.